The third kappa shape index (κ3) is 2.85. The molecule has 1 aromatic heterocycles. The van der Waals surface area contributed by atoms with Crippen molar-refractivity contribution in [3.05, 3.63) is 23.7 Å². The van der Waals surface area contributed by atoms with Gasteiger partial charge >= 0.3 is 0 Å². The van der Waals surface area contributed by atoms with Crippen molar-refractivity contribution in [2.75, 3.05) is 0 Å². The van der Waals surface area contributed by atoms with Crippen LogP contribution in [0.3, 0.4) is 0 Å². The zero-order chi connectivity index (χ0) is 10.7. The molecule has 2 heteroatoms. The smallest absolute Gasteiger partial charge is 0.101 e. The molecule has 1 fully saturated rings. The second kappa shape index (κ2) is 4.84. The third-order valence-electron chi connectivity index (χ3n) is 3.49. The molecule has 0 amide bonds. The molecule has 1 unspecified atom stereocenters. The van der Waals surface area contributed by atoms with Gasteiger partial charge in [-0.25, -0.2) is 0 Å². The number of hydrogen-bond acceptors (Lipinski definition) is 2. The van der Waals surface area contributed by atoms with Crippen LogP contribution in [0.25, 0.3) is 0 Å². The monoisotopic (exact) mass is 207 g/mol. The summed E-state index contributed by atoms with van der Waals surface area (Å²) in [6.45, 7) is 1.97. The lowest BCUT2D eigenvalue weighted by Gasteiger charge is -2.23. The fourth-order valence-electron chi connectivity index (χ4n) is 2.58. The van der Waals surface area contributed by atoms with Gasteiger partial charge in [0.25, 0.3) is 0 Å². The minimum Gasteiger partial charge on any atom is -0.469 e. The van der Waals surface area contributed by atoms with Crippen LogP contribution in [0.5, 0.6) is 0 Å². The third-order valence-corrected chi connectivity index (χ3v) is 3.49. The van der Waals surface area contributed by atoms with Crippen LogP contribution < -0.4 is 5.73 Å². The predicted molar refractivity (Wildman–Crippen MR) is 61.6 cm³/mol. The Labute approximate surface area is 91.8 Å². The Bertz CT molecular complexity index is 299. The lowest BCUT2D eigenvalue weighted by atomic mass is 9.84. The van der Waals surface area contributed by atoms with Gasteiger partial charge in [-0.15, -0.1) is 0 Å². The molecule has 0 spiro atoms. The summed E-state index contributed by atoms with van der Waals surface area (Å²) in [6.07, 6.45) is 9.86. The lowest BCUT2D eigenvalue weighted by Crippen LogP contribution is -2.16. The van der Waals surface area contributed by atoms with E-state index in [2.05, 4.69) is 6.07 Å². The van der Waals surface area contributed by atoms with E-state index in [1.807, 2.05) is 13.2 Å². The molecule has 1 aliphatic rings. The van der Waals surface area contributed by atoms with Crippen molar-refractivity contribution in [2.45, 2.75) is 51.5 Å². The van der Waals surface area contributed by atoms with Gasteiger partial charge in [0, 0.05) is 11.6 Å². The minimum absolute atomic E-state index is 0.172. The van der Waals surface area contributed by atoms with Gasteiger partial charge in [-0.1, -0.05) is 32.1 Å². The average molecular weight is 207 g/mol. The van der Waals surface area contributed by atoms with Crippen LogP contribution in [0.15, 0.2) is 16.7 Å². The SMILES string of the molecule is Cc1cc(C(N)CC2CCCCC2)co1. The van der Waals surface area contributed by atoms with Crippen molar-refractivity contribution in [3.8, 4) is 0 Å². The zero-order valence-corrected chi connectivity index (χ0v) is 9.54. The Hall–Kier alpha value is -0.760. The molecule has 0 bridgehead atoms. The second-order valence-electron chi connectivity index (χ2n) is 4.84. The van der Waals surface area contributed by atoms with Crippen molar-refractivity contribution >= 4 is 0 Å². The van der Waals surface area contributed by atoms with E-state index in [4.69, 9.17) is 10.2 Å². The Balaban J connectivity index is 1.88. The zero-order valence-electron chi connectivity index (χ0n) is 9.54. The van der Waals surface area contributed by atoms with E-state index in [1.165, 1.54) is 32.1 Å². The number of aryl methyl sites for hydroxylation is 1. The molecule has 2 N–H and O–H groups in total. The van der Waals surface area contributed by atoms with Gasteiger partial charge in [-0.3, -0.25) is 0 Å². The van der Waals surface area contributed by atoms with Gasteiger partial charge in [0.2, 0.25) is 0 Å². The van der Waals surface area contributed by atoms with Crippen LogP contribution in [-0.2, 0) is 0 Å². The van der Waals surface area contributed by atoms with Crippen LogP contribution in [0.2, 0.25) is 0 Å². The number of nitrogens with two attached hydrogens (primary N) is 1. The summed E-state index contributed by atoms with van der Waals surface area (Å²) in [7, 11) is 0. The molecule has 0 aromatic carbocycles. The summed E-state index contributed by atoms with van der Waals surface area (Å²) >= 11 is 0. The van der Waals surface area contributed by atoms with Crippen LogP contribution in [0, 0.1) is 12.8 Å². The molecule has 0 aliphatic heterocycles. The molecule has 2 nitrogen and oxygen atoms in total. The summed E-state index contributed by atoms with van der Waals surface area (Å²) < 4.78 is 5.29. The van der Waals surface area contributed by atoms with Crippen molar-refractivity contribution in [1.29, 1.82) is 0 Å². The van der Waals surface area contributed by atoms with E-state index in [0.29, 0.717) is 0 Å². The van der Waals surface area contributed by atoms with E-state index in [0.717, 1.165) is 23.7 Å². The van der Waals surface area contributed by atoms with Crippen LogP contribution >= 0.6 is 0 Å². The normalized spacial score (nSPS) is 20.4. The summed E-state index contributed by atoms with van der Waals surface area (Å²) in [4.78, 5) is 0. The Morgan fingerprint density at radius 3 is 2.73 bits per heavy atom. The Morgan fingerprint density at radius 1 is 1.40 bits per heavy atom. The topological polar surface area (TPSA) is 39.2 Å². The van der Waals surface area contributed by atoms with Gasteiger partial charge in [-0.2, -0.15) is 0 Å². The first-order valence-electron chi connectivity index (χ1n) is 6.06. The van der Waals surface area contributed by atoms with Gasteiger partial charge < -0.3 is 10.2 Å². The first kappa shape index (κ1) is 10.7. The number of furan rings is 1. The number of hydrogen-bond donors (Lipinski definition) is 1. The molecule has 84 valence electrons. The maximum atomic E-state index is 6.18. The van der Waals surface area contributed by atoms with Crippen LogP contribution in [0.4, 0.5) is 0 Å². The van der Waals surface area contributed by atoms with Crippen molar-refractivity contribution < 1.29 is 4.42 Å². The van der Waals surface area contributed by atoms with Gasteiger partial charge in [0.1, 0.15) is 5.76 Å². The predicted octanol–water partition coefficient (Wildman–Crippen LogP) is 3.56. The first-order chi connectivity index (χ1) is 7.25. The maximum Gasteiger partial charge on any atom is 0.101 e. The van der Waals surface area contributed by atoms with E-state index in [9.17, 15) is 0 Å². The van der Waals surface area contributed by atoms with E-state index < -0.39 is 0 Å². The van der Waals surface area contributed by atoms with Crippen molar-refractivity contribution in [2.24, 2.45) is 11.7 Å². The molecular formula is C13H21NO. The van der Waals surface area contributed by atoms with Crippen LogP contribution in [0.1, 0.15) is 55.9 Å². The Kier molecular flexibility index (Phi) is 3.47. The highest BCUT2D eigenvalue weighted by Gasteiger charge is 2.18. The molecule has 1 heterocycles. The largest absolute Gasteiger partial charge is 0.469 e. The molecule has 1 aliphatic carbocycles. The van der Waals surface area contributed by atoms with E-state index in [-0.39, 0.29) is 6.04 Å². The van der Waals surface area contributed by atoms with Gasteiger partial charge in [0.15, 0.2) is 0 Å². The first-order valence-corrected chi connectivity index (χ1v) is 6.06. The van der Waals surface area contributed by atoms with Gasteiger partial charge in [-0.05, 0) is 25.3 Å². The molecule has 2 rings (SSSR count). The highest BCUT2D eigenvalue weighted by atomic mass is 16.3. The molecule has 0 radical (unpaired) electrons. The van der Waals surface area contributed by atoms with E-state index in [1.54, 1.807) is 0 Å². The van der Waals surface area contributed by atoms with Crippen molar-refractivity contribution in [3.63, 3.8) is 0 Å². The van der Waals surface area contributed by atoms with Crippen LogP contribution in [-0.4, -0.2) is 0 Å². The fourth-order valence-corrected chi connectivity index (χ4v) is 2.58. The molecular weight excluding hydrogens is 186 g/mol. The summed E-state index contributed by atoms with van der Waals surface area (Å²) in [5, 5.41) is 0. The summed E-state index contributed by atoms with van der Waals surface area (Å²) in [5.74, 6) is 1.80. The number of rotatable bonds is 3. The highest BCUT2D eigenvalue weighted by molar-refractivity contribution is 5.15. The average Bonchev–Trinajstić information content (AvgIpc) is 2.66. The Morgan fingerprint density at radius 2 is 2.13 bits per heavy atom. The van der Waals surface area contributed by atoms with Gasteiger partial charge in [0.05, 0.1) is 6.26 Å². The molecule has 1 atom stereocenters. The quantitative estimate of drug-likeness (QED) is 0.823. The molecule has 1 saturated carbocycles. The standard InChI is InChI=1S/C13H21NO/c1-10-7-12(9-15-10)13(14)8-11-5-3-2-4-6-11/h7,9,11,13H,2-6,8,14H2,1H3. The van der Waals surface area contributed by atoms with Crippen molar-refractivity contribution in [1.82, 2.24) is 0 Å². The lowest BCUT2D eigenvalue weighted by molar-refractivity contribution is 0.318. The maximum absolute atomic E-state index is 6.18. The fraction of sp³-hybridized carbons (Fsp3) is 0.692. The summed E-state index contributed by atoms with van der Waals surface area (Å²) in [5.41, 5.74) is 7.34. The molecule has 15 heavy (non-hydrogen) atoms. The second-order valence-corrected chi connectivity index (χ2v) is 4.84. The molecule has 1 aromatic rings. The highest BCUT2D eigenvalue weighted by Crippen LogP contribution is 2.31. The summed E-state index contributed by atoms with van der Waals surface area (Å²) in [6, 6.07) is 2.23. The molecule has 0 saturated heterocycles. The minimum atomic E-state index is 0.172. The van der Waals surface area contributed by atoms with E-state index >= 15 is 0 Å².